The maximum atomic E-state index is 13.0. The van der Waals surface area contributed by atoms with Crippen LogP contribution in [-0.4, -0.2) is 42.7 Å². The first-order valence-electron chi connectivity index (χ1n) is 6.85. The van der Waals surface area contributed by atoms with Crippen LogP contribution >= 0.6 is 0 Å². The zero-order valence-corrected chi connectivity index (χ0v) is 12.1. The zero-order valence-electron chi connectivity index (χ0n) is 12.1. The Balaban J connectivity index is 2.19. The lowest BCUT2D eigenvalue weighted by atomic mass is 10.1. The quantitative estimate of drug-likeness (QED) is 0.709. The first-order valence-corrected chi connectivity index (χ1v) is 6.85. The predicted octanol–water partition coefficient (Wildman–Crippen LogP) is 2.18. The Hall–Kier alpha value is -0.970. The van der Waals surface area contributed by atoms with Gasteiger partial charge in [0.2, 0.25) is 0 Å². The summed E-state index contributed by atoms with van der Waals surface area (Å²) in [7, 11) is 2.10. The minimum atomic E-state index is -0.654. The fourth-order valence-electron chi connectivity index (χ4n) is 1.78. The highest BCUT2D eigenvalue weighted by Crippen LogP contribution is 2.12. The maximum Gasteiger partial charge on any atom is 0.123 e. The molecule has 1 aromatic rings. The van der Waals surface area contributed by atoms with Crippen molar-refractivity contribution >= 4 is 0 Å². The van der Waals surface area contributed by atoms with Crippen LogP contribution in [0.5, 0.6) is 0 Å². The fraction of sp³-hybridized carbons (Fsp3) is 0.600. The molecule has 0 saturated carbocycles. The van der Waals surface area contributed by atoms with E-state index < -0.39 is 6.10 Å². The van der Waals surface area contributed by atoms with Gasteiger partial charge in [0.25, 0.3) is 0 Å². The van der Waals surface area contributed by atoms with Gasteiger partial charge in [-0.3, -0.25) is 0 Å². The third-order valence-corrected chi connectivity index (χ3v) is 3.32. The zero-order chi connectivity index (χ0) is 14.3. The molecule has 1 atom stereocenters. The molecule has 0 spiro atoms. The van der Waals surface area contributed by atoms with Gasteiger partial charge >= 0.3 is 0 Å². The smallest absolute Gasteiger partial charge is 0.123 e. The maximum absolute atomic E-state index is 13.0. The topological polar surface area (TPSA) is 35.5 Å². The second kappa shape index (κ2) is 8.25. The molecule has 19 heavy (non-hydrogen) atoms. The van der Waals surface area contributed by atoms with E-state index in [1.807, 2.05) is 0 Å². The van der Waals surface area contributed by atoms with Gasteiger partial charge in [0.15, 0.2) is 0 Å². The number of nitrogens with zero attached hydrogens (tertiary/aromatic N) is 1. The van der Waals surface area contributed by atoms with Crippen molar-refractivity contribution in [1.29, 1.82) is 0 Å². The van der Waals surface area contributed by atoms with Gasteiger partial charge in [-0.1, -0.05) is 12.1 Å². The number of hydrogen-bond acceptors (Lipinski definition) is 3. The molecule has 0 aliphatic heterocycles. The Labute approximate surface area is 115 Å². The van der Waals surface area contributed by atoms with Crippen molar-refractivity contribution in [3.05, 3.63) is 35.6 Å². The van der Waals surface area contributed by atoms with Crippen LogP contribution in [0.3, 0.4) is 0 Å². The molecule has 0 heterocycles. The van der Waals surface area contributed by atoms with E-state index in [0.717, 1.165) is 19.5 Å². The number of aliphatic hydroxyl groups is 1. The SMILES string of the molecule is CC(C)N(C)CCCNCC(O)c1cccc(F)c1. The monoisotopic (exact) mass is 268 g/mol. The van der Waals surface area contributed by atoms with E-state index in [4.69, 9.17) is 0 Å². The van der Waals surface area contributed by atoms with Crippen LogP contribution in [-0.2, 0) is 0 Å². The molecule has 1 unspecified atom stereocenters. The Morgan fingerprint density at radius 3 is 2.74 bits per heavy atom. The minimum absolute atomic E-state index is 0.310. The summed E-state index contributed by atoms with van der Waals surface area (Å²) in [6, 6.07) is 6.66. The highest BCUT2D eigenvalue weighted by atomic mass is 19.1. The molecular formula is C15H25FN2O. The Kier molecular flexibility index (Phi) is 6.99. The van der Waals surface area contributed by atoms with Crippen molar-refractivity contribution in [1.82, 2.24) is 10.2 Å². The summed E-state index contributed by atoms with van der Waals surface area (Å²) in [5.41, 5.74) is 0.617. The van der Waals surface area contributed by atoms with Gasteiger partial charge in [-0.05, 0) is 58.1 Å². The van der Waals surface area contributed by atoms with Gasteiger partial charge in [0, 0.05) is 12.6 Å². The fourth-order valence-corrected chi connectivity index (χ4v) is 1.78. The van der Waals surface area contributed by atoms with Crippen molar-refractivity contribution < 1.29 is 9.50 Å². The second-order valence-corrected chi connectivity index (χ2v) is 5.20. The van der Waals surface area contributed by atoms with Crippen molar-refractivity contribution in [2.24, 2.45) is 0 Å². The molecule has 0 amide bonds. The summed E-state index contributed by atoms with van der Waals surface area (Å²) in [5.74, 6) is -0.310. The lowest BCUT2D eigenvalue weighted by molar-refractivity contribution is 0.173. The van der Waals surface area contributed by atoms with Crippen molar-refractivity contribution in [3.8, 4) is 0 Å². The number of halogens is 1. The molecule has 4 heteroatoms. The molecule has 2 N–H and O–H groups in total. The van der Waals surface area contributed by atoms with E-state index in [-0.39, 0.29) is 5.82 Å². The summed E-state index contributed by atoms with van der Waals surface area (Å²) in [6.07, 6.45) is 0.378. The van der Waals surface area contributed by atoms with Gasteiger partial charge in [0.1, 0.15) is 5.82 Å². The number of aliphatic hydroxyl groups excluding tert-OH is 1. The summed E-state index contributed by atoms with van der Waals surface area (Å²) in [6.45, 7) is 6.67. The molecule has 0 aliphatic carbocycles. The third-order valence-electron chi connectivity index (χ3n) is 3.32. The Bertz CT molecular complexity index is 371. The minimum Gasteiger partial charge on any atom is -0.387 e. The number of rotatable bonds is 8. The molecule has 3 nitrogen and oxygen atoms in total. The van der Waals surface area contributed by atoms with Gasteiger partial charge in [0.05, 0.1) is 6.10 Å². The first-order chi connectivity index (χ1) is 9.00. The predicted molar refractivity (Wildman–Crippen MR) is 76.6 cm³/mol. The van der Waals surface area contributed by atoms with E-state index in [1.54, 1.807) is 12.1 Å². The molecule has 0 bridgehead atoms. The van der Waals surface area contributed by atoms with E-state index >= 15 is 0 Å². The van der Waals surface area contributed by atoms with E-state index in [1.165, 1.54) is 12.1 Å². The van der Waals surface area contributed by atoms with Crippen molar-refractivity contribution in [2.75, 3.05) is 26.7 Å². The van der Waals surface area contributed by atoms with Gasteiger partial charge < -0.3 is 15.3 Å². The standard InChI is InChI=1S/C15H25FN2O/c1-12(2)18(3)9-5-8-17-11-15(19)13-6-4-7-14(16)10-13/h4,6-7,10,12,15,17,19H,5,8-9,11H2,1-3H3. The molecule has 0 aliphatic rings. The third kappa shape index (κ3) is 6.14. The van der Waals surface area contributed by atoms with Gasteiger partial charge in [-0.15, -0.1) is 0 Å². The van der Waals surface area contributed by atoms with Crippen LogP contribution in [0.4, 0.5) is 4.39 Å². The number of hydrogen-bond donors (Lipinski definition) is 2. The van der Waals surface area contributed by atoms with Crippen LogP contribution in [0.15, 0.2) is 24.3 Å². The molecule has 1 aromatic carbocycles. The van der Waals surface area contributed by atoms with Gasteiger partial charge in [-0.25, -0.2) is 4.39 Å². The van der Waals surface area contributed by atoms with E-state index in [0.29, 0.717) is 18.2 Å². The number of benzene rings is 1. The molecular weight excluding hydrogens is 243 g/mol. The summed E-state index contributed by atoms with van der Waals surface area (Å²) in [5, 5.41) is 13.1. The van der Waals surface area contributed by atoms with Crippen LogP contribution in [0.25, 0.3) is 0 Å². The van der Waals surface area contributed by atoms with Crippen molar-refractivity contribution in [2.45, 2.75) is 32.4 Å². The van der Waals surface area contributed by atoms with E-state index in [9.17, 15) is 9.50 Å². The first kappa shape index (κ1) is 16.1. The molecule has 0 saturated heterocycles. The van der Waals surface area contributed by atoms with Crippen LogP contribution in [0, 0.1) is 5.82 Å². The van der Waals surface area contributed by atoms with Crippen molar-refractivity contribution in [3.63, 3.8) is 0 Å². The Morgan fingerprint density at radius 2 is 2.11 bits per heavy atom. The molecule has 0 radical (unpaired) electrons. The second-order valence-electron chi connectivity index (χ2n) is 5.20. The summed E-state index contributed by atoms with van der Waals surface area (Å²) in [4.78, 5) is 2.28. The van der Waals surface area contributed by atoms with Crippen LogP contribution < -0.4 is 5.32 Å². The molecule has 108 valence electrons. The largest absolute Gasteiger partial charge is 0.387 e. The highest BCUT2D eigenvalue weighted by molar-refractivity contribution is 5.18. The Morgan fingerprint density at radius 1 is 1.37 bits per heavy atom. The lowest BCUT2D eigenvalue weighted by Gasteiger charge is -2.21. The average molecular weight is 268 g/mol. The number of nitrogens with one attached hydrogen (secondary N) is 1. The summed E-state index contributed by atoms with van der Waals surface area (Å²) < 4.78 is 13.0. The molecule has 1 rings (SSSR count). The normalized spacial score (nSPS) is 13.2. The highest BCUT2D eigenvalue weighted by Gasteiger charge is 2.07. The average Bonchev–Trinajstić information content (AvgIpc) is 2.37. The van der Waals surface area contributed by atoms with E-state index in [2.05, 4.69) is 31.1 Å². The molecule has 0 fully saturated rings. The van der Waals surface area contributed by atoms with Crippen LogP contribution in [0.2, 0.25) is 0 Å². The van der Waals surface area contributed by atoms with Gasteiger partial charge in [-0.2, -0.15) is 0 Å². The summed E-state index contributed by atoms with van der Waals surface area (Å²) >= 11 is 0. The lowest BCUT2D eigenvalue weighted by Crippen LogP contribution is -2.30. The van der Waals surface area contributed by atoms with Crippen LogP contribution in [0.1, 0.15) is 31.9 Å². The molecule has 0 aromatic heterocycles.